The molecule has 1 fully saturated rings. The van der Waals surface area contributed by atoms with Gasteiger partial charge in [-0.15, -0.1) is 0 Å². The number of amides is 2. The van der Waals surface area contributed by atoms with E-state index >= 15 is 0 Å². The Morgan fingerprint density at radius 3 is 2.42 bits per heavy atom. The molecular formula is C16H28AcN3O6-. The van der Waals surface area contributed by atoms with E-state index in [0.29, 0.717) is 18.5 Å². The molecule has 26 heavy (non-hydrogen) atoms. The van der Waals surface area contributed by atoms with Crippen molar-refractivity contribution in [1.82, 2.24) is 10.6 Å². The smallest absolute Gasteiger partial charge is 0.246 e. The van der Waals surface area contributed by atoms with Gasteiger partial charge in [-0.3, -0.25) is 9.59 Å². The van der Waals surface area contributed by atoms with Crippen LogP contribution in [0.5, 0.6) is 0 Å². The number of hydrogen-bond acceptors (Lipinski definition) is 6. The first-order chi connectivity index (χ1) is 11.8. The molecule has 1 radical (unpaired) electrons. The monoisotopic (exact) mass is 585 g/mol. The maximum atomic E-state index is 11.9. The maximum absolute atomic E-state index is 11.9. The number of hydrogen-bond donors (Lipinski definition) is 5. The van der Waals surface area contributed by atoms with Crippen LogP contribution in [-0.2, 0) is 14.3 Å². The minimum Gasteiger partial charge on any atom is -0.669 e. The van der Waals surface area contributed by atoms with Crippen molar-refractivity contribution in [1.29, 1.82) is 0 Å². The molecule has 9 nitrogen and oxygen atoms in total. The van der Waals surface area contributed by atoms with E-state index in [9.17, 15) is 19.8 Å². The first-order valence-corrected chi connectivity index (χ1v) is 8.34. The maximum Gasteiger partial charge on any atom is 0.246 e. The van der Waals surface area contributed by atoms with E-state index in [1.165, 1.54) is 0 Å². The number of nitrogens with one attached hydrogen (secondary N) is 3. The van der Waals surface area contributed by atoms with Gasteiger partial charge in [-0.05, 0) is 19.8 Å². The Labute approximate surface area is 189 Å². The fraction of sp³-hybridized carbons (Fsp3) is 0.750. The molecular weight excluding hydrogens is 557 g/mol. The van der Waals surface area contributed by atoms with E-state index in [0.717, 1.165) is 12.8 Å². The predicted molar refractivity (Wildman–Crippen MR) is 90.3 cm³/mol. The zero-order chi connectivity index (χ0) is 19.0. The van der Waals surface area contributed by atoms with E-state index in [1.54, 1.807) is 6.92 Å². The van der Waals surface area contributed by atoms with Gasteiger partial charge in [-0.25, -0.2) is 0 Å². The third-order valence-electron chi connectivity index (χ3n) is 3.98. The van der Waals surface area contributed by atoms with Crippen molar-refractivity contribution in [3.8, 4) is 0 Å². The van der Waals surface area contributed by atoms with Gasteiger partial charge in [0.2, 0.25) is 11.8 Å². The summed E-state index contributed by atoms with van der Waals surface area (Å²) < 4.78 is 5.26. The number of carbonyl (C=O) groups excluding carboxylic acids is 2. The molecule has 1 aliphatic rings. The fourth-order valence-corrected chi connectivity index (χ4v) is 2.41. The van der Waals surface area contributed by atoms with E-state index in [4.69, 9.17) is 15.6 Å². The molecule has 0 aromatic heterocycles. The first-order valence-electron chi connectivity index (χ1n) is 8.34. The Morgan fingerprint density at radius 1 is 1.19 bits per heavy atom. The van der Waals surface area contributed by atoms with Gasteiger partial charge in [0.25, 0.3) is 0 Å². The van der Waals surface area contributed by atoms with Crippen LogP contribution >= 0.6 is 0 Å². The Morgan fingerprint density at radius 2 is 1.85 bits per heavy atom. The van der Waals surface area contributed by atoms with E-state index in [-0.39, 0.29) is 62.3 Å². The zero-order valence-corrected chi connectivity index (χ0v) is 19.7. The van der Waals surface area contributed by atoms with E-state index < -0.39 is 37.2 Å². The summed E-state index contributed by atoms with van der Waals surface area (Å²) in [5.74, 6) is -0.527. The SMILES string of the molecule is C=C(C)C(=O)NCCCCCC(=O)NC1OC(CO)C(O)C(O)C1[NH-].[Ac]. The largest absolute Gasteiger partial charge is 0.669 e. The van der Waals surface area contributed by atoms with Crippen LogP contribution in [0.2, 0.25) is 0 Å². The summed E-state index contributed by atoms with van der Waals surface area (Å²) in [4.78, 5) is 23.2. The van der Waals surface area contributed by atoms with Gasteiger partial charge in [-0.2, -0.15) is 0 Å². The second-order valence-corrected chi connectivity index (χ2v) is 6.20. The normalized spacial score (nSPS) is 28.0. The summed E-state index contributed by atoms with van der Waals surface area (Å²) in [6.45, 7) is 5.15. The average Bonchev–Trinajstić information content (AvgIpc) is 2.58. The third kappa shape index (κ3) is 8.30. The van der Waals surface area contributed by atoms with E-state index in [1.807, 2.05) is 0 Å². The van der Waals surface area contributed by atoms with Crippen LogP contribution in [0, 0.1) is 44.1 Å². The van der Waals surface area contributed by atoms with Crippen molar-refractivity contribution < 1.29 is 73.7 Å². The zero-order valence-electron chi connectivity index (χ0n) is 15.0. The van der Waals surface area contributed by atoms with Crippen LogP contribution in [0.4, 0.5) is 0 Å². The van der Waals surface area contributed by atoms with Crippen LogP contribution in [0.3, 0.4) is 0 Å². The minimum absolute atomic E-state index is 0. The van der Waals surface area contributed by atoms with Gasteiger partial charge in [0.05, 0.1) is 12.7 Å². The van der Waals surface area contributed by atoms with Crippen LogP contribution in [-0.4, -0.2) is 70.9 Å². The number of carbonyl (C=O) groups is 2. The summed E-state index contributed by atoms with van der Waals surface area (Å²) in [5, 5.41) is 33.7. The molecule has 5 unspecified atom stereocenters. The van der Waals surface area contributed by atoms with Gasteiger partial charge in [0.15, 0.2) is 0 Å². The predicted octanol–water partition coefficient (Wildman–Crippen LogP) is -0.785. The summed E-state index contributed by atoms with van der Waals surface area (Å²) in [6.07, 6.45) is -2.63. The molecule has 0 aromatic rings. The summed E-state index contributed by atoms with van der Waals surface area (Å²) in [5.41, 5.74) is 8.24. The molecule has 2 amide bonds. The molecule has 0 bridgehead atoms. The molecule has 147 valence electrons. The van der Waals surface area contributed by atoms with Crippen molar-refractivity contribution >= 4 is 11.8 Å². The van der Waals surface area contributed by atoms with Crippen molar-refractivity contribution in [2.24, 2.45) is 0 Å². The van der Waals surface area contributed by atoms with E-state index in [2.05, 4.69) is 17.2 Å². The number of aliphatic hydroxyl groups is 3. The minimum atomic E-state index is -1.41. The number of aliphatic hydroxyl groups excluding tert-OH is 3. The van der Waals surface area contributed by atoms with Crippen LogP contribution in [0.25, 0.3) is 5.73 Å². The summed E-state index contributed by atoms with van der Waals surface area (Å²) in [7, 11) is 0. The molecule has 0 spiro atoms. The van der Waals surface area contributed by atoms with Crippen LogP contribution in [0.1, 0.15) is 32.6 Å². The standard InChI is InChI=1S/C16H28N3O6.Ac/c1-9(2)15(24)18-7-5-3-4-6-11(21)19-16-12(17)14(23)13(22)10(8-20)25-16;/h10,12-14,16-17,20,22-23H,1,3-8H2,2H3,(H,18,24)(H,19,21);/q-1;. The molecule has 0 aliphatic carbocycles. The van der Waals surface area contributed by atoms with Gasteiger partial charge in [0.1, 0.15) is 18.4 Å². The quantitative estimate of drug-likeness (QED) is 0.177. The van der Waals surface area contributed by atoms with Crippen molar-refractivity contribution in [3.63, 3.8) is 0 Å². The van der Waals surface area contributed by atoms with Crippen LogP contribution < -0.4 is 10.6 Å². The number of ether oxygens (including phenoxy) is 1. The Bertz CT molecular complexity index is 477. The Kier molecular flexibility index (Phi) is 13.1. The fourth-order valence-electron chi connectivity index (χ4n) is 2.41. The summed E-state index contributed by atoms with van der Waals surface area (Å²) in [6, 6.07) is -1.24. The van der Waals surface area contributed by atoms with Gasteiger partial charge in [-0.1, -0.05) is 19.0 Å². The Balaban J connectivity index is 0.00000625. The molecule has 0 saturated carbocycles. The Hall–Kier alpha value is -0.0784. The summed E-state index contributed by atoms with van der Waals surface area (Å²) >= 11 is 0. The van der Waals surface area contributed by atoms with Gasteiger partial charge >= 0.3 is 0 Å². The molecule has 10 heteroatoms. The second-order valence-electron chi connectivity index (χ2n) is 6.20. The molecule has 1 rings (SSSR count). The molecule has 1 heterocycles. The van der Waals surface area contributed by atoms with Gasteiger partial charge < -0.3 is 36.4 Å². The van der Waals surface area contributed by atoms with Crippen LogP contribution in [0.15, 0.2) is 12.2 Å². The third-order valence-corrected chi connectivity index (χ3v) is 3.98. The average molecular weight is 585 g/mol. The van der Waals surface area contributed by atoms with Crippen molar-refractivity contribution in [2.75, 3.05) is 13.2 Å². The topological polar surface area (TPSA) is 152 Å². The number of rotatable bonds is 9. The second kappa shape index (κ2) is 13.2. The molecule has 1 aliphatic heterocycles. The first kappa shape index (κ1) is 25.9. The van der Waals surface area contributed by atoms with Crippen molar-refractivity contribution in [2.45, 2.75) is 63.2 Å². The molecule has 5 atom stereocenters. The molecule has 6 N–H and O–H groups in total. The van der Waals surface area contributed by atoms with Crippen molar-refractivity contribution in [3.05, 3.63) is 17.9 Å². The number of unbranched alkanes of at least 4 members (excludes halogenated alkanes) is 2. The molecule has 1 saturated heterocycles. The van der Waals surface area contributed by atoms with Gasteiger partial charge in [0, 0.05) is 62.6 Å². The molecule has 0 aromatic carbocycles.